The minimum Gasteiger partial charge on any atom is -0.493 e. The minimum atomic E-state index is 0.168. The Morgan fingerprint density at radius 3 is 2.60 bits per heavy atom. The number of hydrogen-bond donors (Lipinski definition) is 1. The van der Waals surface area contributed by atoms with Crippen molar-refractivity contribution in [2.75, 3.05) is 6.61 Å². The predicted octanol–water partition coefficient (Wildman–Crippen LogP) is 4.48. The van der Waals surface area contributed by atoms with Crippen molar-refractivity contribution in [3.05, 3.63) is 29.3 Å². The fourth-order valence-corrected chi connectivity index (χ4v) is 2.46. The van der Waals surface area contributed by atoms with Crippen LogP contribution in [0.2, 0.25) is 0 Å². The number of benzene rings is 1. The first-order valence-corrected chi connectivity index (χ1v) is 8.04. The van der Waals surface area contributed by atoms with Gasteiger partial charge in [-0.05, 0) is 44.2 Å². The third-order valence-corrected chi connectivity index (χ3v) is 3.78. The Bertz CT molecular complexity index is 387. The average molecular weight is 277 g/mol. The number of aryl methyl sites for hydroxylation is 1. The summed E-state index contributed by atoms with van der Waals surface area (Å²) in [6.07, 6.45) is 5.89. The van der Waals surface area contributed by atoms with E-state index in [1.165, 1.54) is 36.8 Å². The van der Waals surface area contributed by atoms with Gasteiger partial charge in [0.15, 0.2) is 0 Å². The van der Waals surface area contributed by atoms with E-state index >= 15 is 0 Å². The Kier molecular flexibility index (Phi) is 7.68. The molecule has 0 saturated heterocycles. The van der Waals surface area contributed by atoms with Gasteiger partial charge in [0.1, 0.15) is 5.75 Å². The van der Waals surface area contributed by atoms with E-state index in [1.54, 1.807) is 0 Å². The maximum absolute atomic E-state index is 6.09. The van der Waals surface area contributed by atoms with E-state index in [9.17, 15) is 0 Å². The summed E-state index contributed by atoms with van der Waals surface area (Å²) >= 11 is 0. The summed E-state index contributed by atoms with van der Waals surface area (Å²) in [6.45, 7) is 9.48. The Morgan fingerprint density at radius 1 is 1.25 bits per heavy atom. The van der Waals surface area contributed by atoms with Crippen molar-refractivity contribution in [2.24, 2.45) is 11.7 Å². The normalized spacial score (nSPS) is 14.1. The molecule has 0 saturated carbocycles. The molecule has 0 aliphatic heterocycles. The second-order valence-corrected chi connectivity index (χ2v) is 6.02. The summed E-state index contributed by atoms with van der Waals surface area (Å²) in [5, 5.41) is 0. The molecular weight excluding hydrogens is 246 g/mol. The highest BCUT2D eigenvalue weighted by Crippen LogP contribution is 2.23. The lowest BCUT2D eigenvalue weighted by Gasteiger charge is -2.18. The minimum absolute atomic E-state index is 0.168. The number of hydrogen-bond acceptors (Lipinski definition) is 2. The molecule has 20 heavy (non-hydrogen) atoms. The first-order valence-electron chi connectivity index (χ1n) is 8.04. The third kappa shape index (κ3) is 5.96. The van der Waals surface area contributed by atoms with E-state index in [2.05, 4.69) is 39.0 Å². The molecule has 0 aliphatic rings. The molecule has 0 heterocycles. The number of ether oxygens (including phenoxy) is 1. The molecule has 2 atom stereocenters. The van der Waals surface area contributed by atoms with Crippen molar-refractivity contribution in [3.8, 4) is 5.75 Å². The van der Waals surface area contributed by atoms with Crippen LogP contribution in [0.5, 0.6) is 5.75 Å². The van der Waals surface area contributed by atoms with Crippen LogP contribution >= 0.6 is 0 Å². The topological polar surface area (TPSA) is 35.2 Å². The average Bonchev–Trinajstić information content (AvgIpc) is 2.40. The zero-order valence-electron chi connectivity index (χ0n) is 13.6. The maximum Gasteiger partial charge on any atom is 0.122 e. The maximum atomic E-state index is 6.09. The van der Waals surface area contributed by atoms with E-state index in [-0.39, 0.29) is 6.04 Å². The lowest BCUT2D eigenvalue weighted by molar-refractivity contribution is 0.231. The second kappa shape index (κ2) is 9.02. The molecule has 0 aromatic heterocycles. The van der Waals surface area contributed by atoms with Gasteiger partial charge < -0.3 is 10.5 Å². The molecule has 2 unspecified atom stereocenters. The van der Waals surface area contributed by atoms with Gasteiger partial charge in [-0.15, -0.1) is 0 Å². The van der Waals surface area contributed by atoms with Crippen molar-refractivity contribution < 1.29 is 4.74 Å². The summed E-state index contributed by atoms with van der Waals surface area (Å²) in [6, 6.07) is 6.58. The van der Waals surface area contributed by atoms with Crippen LogP contribution in [-0.2, 0) is 6.42 Å². The quantitative estimate of drug-likeness (QED) is 0.722. The molecule has 2 nitrogen and oxygen atoms in total. The highest BCUT2D eigenvalue weighted by Gasteiger charge is 2.10. The van der Waals surface area contributed by atoms with Gasteiger partial charge in [0.25, 0.3) is 0 Å². The summed E-state index contributed by atoms with van der Waals surface area (Å²) < 4.78 is 6.09. The van der Waals surface area contributed by atoms with Crippen molar-refractivity contribution >= 4 is 0 Å². The van der Waals surface area contributed by atoms with Gasteiger partial charge in [0, 0.05) is 6.04 Å². The highest BCUT2D eigenvalue weighted by atomic mass is 16.5. The van der Waals surface area contributed by atoms with Crippen LogP contribution in [0.15, 0.2) is 18.2 Å². The Hall–Kier alpha value is -1.02. The molecule has 2 heteroatoms. The van der Waals surface area contributed by atoms with E-state index in [0.717, 1.165) is 18.8 Å². The van der Waals surface area contributed by atoms with Crippen LogP contribution in [0.4, 0.5) is 0 Å². The number of nitrogens with two attached hydrogens (primary N) is 1. The fraction of sp³-hybridized carbons (Fsp3) is 0.667. The van der Waals surface area contributed by atoms with Crippen LogP contribution in [-0.4, -0.2) is 12.6 Å². The van der Waals surface area contributed by atoms with E-state index in [0.29, 0.717) is 5.92 Å². The van der Waals surface area contributed by atoms with Crippen molar-refractivity contribution in [3.63, 3.8) is 0 Å². The molecule has 2 N–H and O–H groups in total. The Morgan fingerprint density at radius 2 is 2.00 bits per heavy atom. The summed E-state index contributed by atoms with van der Waals surface area (Å²) in [4.78, 5) is 0. The predicted molar refractivity (Wildman–Crippen MR) is 87.3 cm³/mol. The van der Waals surface area contributed by atoms with Crippen LogP contribution < -0.4 is 10.5 Å². The lowest BCUT2D eigenvalue weighted by Crippen LogP contribution is -2.19. The molecule has 0 radical (unpaired) electrons. The zero-order valence-corrected chi connectivity index (χ0v) is 13.6. The van der Waals surface area contributed by atoms with Gasteiger partial charge in [-0.3, -0.25) is 0 Å². The van der Waals surface area contributed by atoms with Gasteiger partial charge in [-0.2, -0.15) is 0 Å². The van der Waals surface area contributed by atoms with Gasteiger partial charge in [-0.1, -0.05) is 50.8 Å². The van der Waals surface area contributed by atoms with Gasteiger partial charge in [0.2, 0.25) is 0 Å². The molecule has 1 aromatic rings. The molecule has 1 aromatic carbocycles. The zero-order chi connectivity index (χ0) is 15.0. The first kappa shape index (κ1) is 17.0. The first-order chi connectivity index (χ1) is 9.56. The van der Waals surface area contributed by atoms with Crippen LogP contribution in [0, 0.1) is 12.8 Å². The standard InChI is InChI=1S/C18H31NO/c1-5-7-8-16(6-2)13-20-18-10-9-14(3)11-17(18)12-15(4)19/h9-11,15-16H,5-8,12-13,19H2,1-4H3. The SMILES string of the molecule is CCCCC(CC)COc1ccc(C)cc1CC(C)N. The molecule has 0 fully saturated rings. The Balaban J connectivity index is 2.65. The third-order valence-electron chi connectivity index (χ3n) is 3.78. The second-order valence-electron chi connectivity index (χ2n) is 6.02. The molecule has 114 valence electrons. The molecule has 0 aliphatic carbocycles. The smallest absolute Gasteiger partial charge is 0.122 e. The van der Waals surface area contributed by atoms with Gasteiger partial charge in [0.05, 0.1) is 6.61 Å². The van der Waals surface area contributed by atoms with Crippen molar-refractivity contribution in [2.45, 2.75) is 65.8 Å². The molecular formula is C18H31NO. The lowest BCUT2D eigenvalue weighted by atomic mass is 10.00. The molecule has 0 spiro atoms. The largest absolute Gasteiger partial charge is 0.493 e. The van der Waals surface area contributed by atoms with E-state index < -0.39 is 0 Å². The van der Waals surface area contributed by atoms with Gasteiger partial charge >= 0.3 is 0 Å². The van der Waals surface area contributed by atoms with Crippen LogP contribution in [0.3, 0.4) is 0 Å². The molecule has 1 rings (SSSR count). The molecule has 0 amide bonds. The van der Waals surface area contributed by atoms with Gasteiger partial charge in [-0.25, -0.2) is 0 Å². The number of unbranched alkanes of at least 4 members (excludes halogenated alkanes) is 1. The van der Waals surface area contributed by atoms with Crippen molar-refractivity contribution in [1.82, 2.24) is 0 Å². The van der Waals surface area contributed by atoms with Crippen LogP contribution in [0.1, 0.15) is 57.6 Å². The van der Waals surface area contributed by atoms with Crippen LogP contribution in [0.25, 0.3) is 0 Å². The molecule has 0 bridgehead atoms. The summed E-state index contributed by atoms with van der Waals surface area (Å²) in [5.41, 5.74) is 8.45. The summed E-state index contributed by atoms with van der Waals surface area (Å²) in [5.74, 6) is 1.68. The fourth-order valence-electron chi connectivity index (χ4n) is 2.46. The monoisotopic (exact) mass is 277 g/mol. The van der Waals surface area contributed by atoms with E-state index in [4.69, 9.17) is 10.5 Å². The summed E-state index contributed by atoms with van der Waals surface area (Å²) in [7, 11) is 0. The number of rotatable bonds is 9. The Labute approximate surface area is 124 Å². The highest BCUT2D eigenvalue weighted by molar-refractivity contribution is 5.37. The van der Waals surface area contributed by atoms with Crippen molar-refractivity contribution in [1.29, 1.82) is 0 Å². The van der Waals surface area contributed by atoms with E-state index in [1.807, 2.05) is 6.92 Å².